The second-order valence-corrected chi connectivity index (χ2v) is 7.14. The van der Waals surface area contributed by atoms with Gasteiger partial charge in [-0.05, 0) is 48.9 Å². The molecule has 0 saturated carbocycles. The lowest BCUT2D eigenvalue weighted by Crippen LogP contribution is -2.31. The van der Waals surface area contributed by atoms with Crippen molar-refractivity contribution >= 4 is 0 Å². The van der Waals surface area contributed by atoms with E-state index in [4.69, 9.17) is 9.47 Å². The number of allylic oxidation sites excluding steroid dienone is 2. The molecule has 0 spiro atoms. The minimum atomic E-state index is 0.707. The molecule has 1 aliphatic carbocycles. The Hall–Kier alpha value is -2.33. The van der Waals surface area contributed by atoms with E-state index in [2.05, 4.69) is 40.2 Å². The van der Waals surface area contributed by atoms with E-state index in [1.807, 2.05) is 12.3 Å². The highest BCUT2D eigenvalue weighted by atomic mass is 16.5. The van der Waals surface area contributed by atoms with Gasteiger partial charge in [0.2, 0.25) is 0 Å². The quantitative estimate of drug-likeness (QED) is 0.770. The normalized spacial score (nSPS) is 20.1. The molecule has 1 aromatic heterocycles. The van der Waals surface area contributed by atoms with Crippen molar-refractivity contribution in [3.05, 3.63) is 54.4 Å². The van der Waals surface area contributed by atoms with Crippen molar-refractivity contribution in [3.8, 4) is 22.6 Å². The van der Waals surface area contributed by atoms with Gasteiger partial charge < -0.3 is 9.47 Å². The molecular formula is C22H26N2O2. The minimum absolute atomic E-state index is 0.707. The van der Waals surface area contributed by atoms with Crippen LogP contribution in [0.5, 0.6) is 11.5 Å². The molecule has 1 unspecified atom stereocenters. The summed E-state index contributed by atoms with van der Waals surface area (Å²) < 4.78 is 11.7. The van der Waals surface area contributed by atoms with Gasteiger partial charge in [-0.1, -0.05) is 18.2 Å². The van der Waals surface area contributed by atoms with Crippen molar-refractivity contribution in [2.45, 2.75) is 25.8 Å². The molecule has 0 fully saturated rings. The van der Waals surface area contributed by atoms with Gasteiger partial charge in [0.1, 0.15) is 6.61 Å². The number of benzene rings is 1. The molecule has 2 heterocycles. The first kappa shape index (κ1) is 17.1. The summed E-state index contributed by atoms with van der Waals surface area (Å²) in [5, 5.41) is 0. The summed E-state index contributed by atoms with van der Waals surface area (Å²) >= 11 is 0. The van der Waals surface area contributed by atoms with Crippen LogP contribution in [0, 0.1) is 5.92 Å². The van der Waals surface area contributed by atoms with Crippen molar-refractivity contribution in [2.75, 3.05) is 26.8 Å². The standard InChI is InChI=1S/C22H26N2O2/c1-25-21-13-19(18-8-5-9-23-14-18)12-20-16-24(10-11-26-22(20)21)15-17-6-3-2-4-7-17/h2-3,5,8-9,12-14,17H,4,6-7,10-11,15-16H2,1H3. The molecule has 0 radical (unpaired) electrons. The highest BCUT2D eigenvalue weighted by molar-refractivity contribution is 5.68. The molecule has 1 aliphatic heterocycles. The molecule has 1 atom stereocenters. The summed E-state index contributed by atoms with van der Waals surface area (Å²) in [5.41, 5.74) is 3.42. The lowest BCUT2D eigenvalue weighted by molar-refractivity contribution is 0.191. The van der Waals surface area contributed by atoms with Crippen LogP contribution < -0.4 is 9.47 Å². The first-order valence-electron chi connectivity index (χ1n) is 9.45. The molecule has 0 amide bonds. The molecule has 1 aromatic carbocycles. The number of nitrogens with zero attached hydrogens (tertiary/aromatic N) is 2. The molecule has 2 aliphatic rings. The van der Waals surface area contributed by atoms with E-state index in [-0.39, 0.29) is 0 Å². The van der Waals surface area contributed by atoms with E-state index in [0.717, 1.165) is 48.2 Å². The first-order valence-corrected chi connectivity index (χ1v) is 9.45. The van der Waals surface area contributed by atoms with E-state index in [1.54, 1.807) is 13.3 Å². The van der Waals surface area contributed by atoms with Gasteiger partial charge in [-0.3, -0.25) is 9.88 Å². The number of methoxy groups -OCH3 is 1. The zero-order valence-electron chi connectivity index (χ0n) is 15.4. The predicted octanol–water partition coefficient (Wildman–Crippen LogP) is 4.31. The Labute approximate surface area is 155 Å². The van der Waals surface area contributed by atoms with Gasteiger partial charge in [-0.15, -0.1) is 0 Å². The second-order valence-electron chi connectivity index (χ2n) is 7.14. The summed E-state index contributed by atoms with van der Waals surface area (Å²) in [6.07, 6.45) is 12.0. The van der Waals surface area contributed by atoms with E-state index in [9.17, 15) is 0 Å². The first-order chi connectivity index (χ1) is 12.8. The average molecular weight is 350 g/mol. The zero-order valence-corrected chi connectivity index (χ0v) is 15.4. The molecule has 4 heteroatoms. The summed E-state index contributed by atoms with van der Waals surface area (Å²) in [6.45, 7) is 3.70. The smallest absolute Gasteiger partial charge is 0.165 e. The van der Waals surface area contributed by atoms with Crippen LogP contribution in [0.15, 0.2) is 48.8 Å². The Bertz CT molecular complexity index is 773. The second kappa shape index (κ2) is 7.92. The molecule has 2 aromatic rings. The summed E-state index contributed by atoms with van der Waals surface area (Å²) in [4.78, 5) is 6.78. The molecule has 0 bridgehead atoms. The van der Waals surface area contributed by atoms with Crippen LogP contribution in [0.25, 0.3) is 11.1 Å². The van der Waals surface area contributed by atoms with Crippen LogP contribution in [0.4, 0.5) is 0 Å². The predicted molar refractivity (Wildman–Crippen MR) is 103 cm³/mol. The maximum absolute atomic E-state index is 6.08. The Morgan fingerprint density at radius 1 is 1.27 bits per heavy atom. The number of hydrogen-bond donors (Lipinski definition) is 0. The number of rotatable bonds is 4. The van der Waals surface area contributed by atoms with Gasteiger partial charge in [0.25, 0.3) is 0 Å². The molecule has 4 nitrogen and oxygen atoms in total. The summed E-state index contributed by atoms with van der Waals surface area (Å²) in [6, 6.07) is 8.33. The average Bonchev–Trinajstić information content (AvgIpc) is 2.90. The molecule has 136 valence electrons. The lowest BCUT2D eigenvalue weighted by Gasteiger charge is -2.26. The van der Waals surface area contributed by atoms with Gasteiger partial charge in [0, 0.05) is 43.2 Å². The third-order valence-corrected chi connectivity index (χ3v) is 5.29. The van der Waals surface area contributed by atoms with Gasteiger partial charge in [0.15, 0.2) is 11.5 Å². The minimum Gasteiger partial charge on any atom is -0.493 e. The van der Waals surface area contributed by atoms with Crippen molar-refractivity contribution in [1.29, 1.82) is 0 Å². The van der Waals surface area contributed by atoms with Crippen molar-refractivity contribution in [1.82, 2.24) is 9.88 Å². The fourth-order valence-corrected chi connectivity index (χ4v) is 3.93. The van der Waals surface area contributed by atoms with E-state index >= 15 is 0 Å². The Balaban J connectivity index is 1.61. The molecular weight excluding hydrogens is 324 g/mol. The van der Waals surface area contributed by atoms with Gasteiger partial charge in [0.05, 0.1) is 7.11 Å². The van der Waals surface area contributed by atoms with E-state index < -0.39 is 0 Å². The van der Waals surface area contributed by atoms with E-state index in [1.165, 1.54) is 24.8 Å². The Kier molecular flexibility index (Phi) is 5.21. The highest BCUT2D eigenvalue weighted by Crippen LogP contribution is 2.38. The van der Waals surface area contributed by atoms with Gasteiger partial charge in [-0.2, -0.15) is 0 Å². The number of hydrogen-bond acceptors (Lipinski definition) is 4. The zero-order chi connectivity index (χ0) is 17.8. The largest absolute Gasteiger partial charge is 0.493 e. The van der Waals surface area contributed by atoms with Crippen molar-refractivity contribution in [3.63, 3.8) is 0 Å². The molecule has 0 saturated heterocycles. The van der Waals surface area contributed by atoms with Gasteiger partial charge in [-0.25, -0.2) is 0 Å². The monoisotopic (exact) mass is 350 g/mol. The number of aromatic nitrogens is 1. The molecule has 0 N–H and O–H groups in total. The Morgan fingerprint density at radius 3 is 3.00 bits per heavy atom. The Morgan fingerprint density at radius 2 is 2.23 bits per heavy atom. The van der Waals surface area contributed by atoms with Crippen LogP contribution in [-0.4, -0.2) is 36.7 Å². The van der Waals surface area contributed by atoms with Crippen LogP contribution in [0.3, 0.4) is 0 Å². The number of pyridine rings is 1. The molecule has 26 heavy (non-hydrogen) atoms. The fraction of sp³-hybridized carbons (Fsp3) is 0.409. The lowest BCUT2D eigenvalue weighted by atomic mass is 9.93. The van der Waals surface area contributed by atoms with Crippen molar-refractivity contribution in [2.24, 2.45) is 5.92 Å². The fourth-order valence-electron chi connectivity index (χ4n) is 3.93. The third kappa shape index (κ3) is 3.75. The maximum atomic E-state index is 6.08. The molecule has 4 rings (SSSR count). The van der Waals surface area contributed by atoms with Gasteiger partial charge >= 0.3 is 0 Å². The van der Waals surface area contributed by atoms with Crippen LogP contribution in [-0.2, 0) is 6.54 Å². The highest BCUT2D eigenvalue weighted by Gasteiger charge is 2.22. The third-order valence-electron chi connectivity index (χ3n) is 5.29. The van der Waals surface area contributed by atoms with E-state index in [0.29, 0.717) is 6.61 Å². The summed E-state index contributed by atoms with van der Waals surface area (Å²) in [7, 11) is 1.71. The van der Waals surface area contributed by atoms with Crippen molar-refractivity contribution < 1.29 is 9.47 Å². The topological polar surface area (TPSA) is 34.6 Å². The number of fused-ring (bicyclic) bond motifs is 1. The van der Waals surface area contributed by atoms with Crippen LogP contribution in [0.2, 0.25) is 0 Å². The van der Waals surface area contributed by atoms with Crippen LogP contribution in [0.1, 0.15) is 24.8 Å². The SMILES string of the molecule is COc1cc(-c2cccnc2)cc2c1OCCN(CC1CC=CCC1)C2. The number of ether oxygens (including phenoxy) is 2. The maximum Gasteiger partial charge on any atom is 0.165 e. The van der Waals surface area contributed by atoms with Crippen LogP contribution >= 0.6 is 0 Å². The summed E-state index contributed by atoms with van der Waals surface area (Å²) in [5.74, 6) is 2.46.